The largest absolute Gasteiger partial charge is 0.449 e. The lowest BCUT2D eigenvalue weighted by atomic mass is 10.0. The van der Waals surface area contributed by atoms with Crippen LogP contribution in [0.1, 0.15) is 67.0 Å². The summed E-state index contributed by atoms with van der Waals surface area (Å²) in [6.45, 7) is 4.18. The number of aromatic nitrogens is 2. The molecule has 1 aliphatic rings. The Hall–Kier alpha value is -3.19. The molecule has 1 fully saturated rings. The van der Waals surface area contributed by atoms with Crippen molar-refractivity contribution in [3.05, 3.63) is 76.7 Å². The zero-order chi connectivity index (χ0) is 23.7. The molecule has 0 unspecified atom stereocenters. The molecular formula is C27H28FN3O2S. The molecule has 1 aliphatic carbocycles. The molecular weight excluding hydrogens is 449 g/mol. The predicted molar refractivity (Wildman–Crippen MR) is 132 cm³/mol. The van der Waals surface area contributed by atoms with Gasteiger partial charge in [0.1, 0.15) is 11.5 Å². The number of hydrogen-bond acceptors (Lipinski definition) is 4. The summed E-state index contributed by atoms with van der Waals surface area (Å²) in [7, 11) is 0. The Kier molecular flexibility index (Phi) is 6.37. The minimum Gasteiger partial charge on any atom is -0.449 e. The van der Waals surface area contributed by atoms with Crippen LogP contribution in [0, 0.1) is 11.7 Å². The molecule has 1 saturated carbocycles. The van der Waals surface area contributed by atoms with E-state index in [1.165, 1.54) is 25.0 Å². The first-order valence-corrected chi connectivity index (χ1v) is 12.7. The number of nitrogens with zero attached hydrogens (tertiary/aromatic N) is 2. The lowest BCUT2D eigenvalue weighted by Gasteiger charge is -2.20. The van der Waals surface area contributed by atoms with Gasteiger partial charge in [-0.1, -0.05) is 32.8 Å². The van der Waals surface area contributed by atoms with Gasteiger partial charge in [0.05, 0.1) is 18.1 Å². The Morgan fingerprint density at radius 3 is 2.59 bits per heavy atom. The molecule has 3 heterocycles. The highest BCUT2D eigenvalue weighted by Gasteiger charge is 2.27. The summed E-state index contributed by atoms with van der Waals surface area (Å²) >= 11 is 1.63. The van der Waals surface area contributed by atoms with Crippen LogP contribution in [0.5, 0.6) is 0 Å². The Balaban J connectivity index is 1.48. The highest BCUT2D eigenvalue weighted by atomic mass is 32.1. The molecule has 1 aromatic carbocycles. The van der Waals surface area contributed by atoms with Gasteiger partial charge in [0.15, 0.2) is 11.5 Å². The third kappa shape index (κ3) is 4.44. The first-order valence-electron chi connectivity index (χ1n) is 11.8. The van der Waals surface area contributed by atoms with E-state index in [0.717, 1.165) is 34.7 Å². The Morgan fingerprint density at radius 1 is 1.15 bits per heavy atom. The van der Waals surface area contributed by atoms with Crippen LogP contribution >= 0.6 is 11.3 Å². The maximum atomic E-state index is 13.5. The Labute approximate surface area is 202 Å². The van der Waals surface area contributed by atoms with Crippen LogP contribution < -0.4 is 5.32 Å². The standard InChI is InChI=1S/C27H28FN3O2S/c1-17(2)24(23-8-5-15-34-23)30-27(32)22-14-13-21(33-22)26-25(18-9-11-19(28)12-10-18)29-16-31(26)20-6-3-4-7-20/h5,8-17,20,24H,3-4,6-7H2,1-2H3,(H,30,32)/t24-/m1/s1. The highest BCUT2D eigenvalue weighted by Crippen LogP contribution is 2.39. The molecule has 0 saturated heterocycles. The normalized spacial score (nSPS) is 15.2. The summed E-state index contributed by atoms with van der Waals surface area (Å²) in [6.07, 6.45) is 6.37. The van der Waals surface area contributed by atoms with E-state index in [1.54, 1.807) is 29.5 Å². The van der Waals surface area contributed by atoms with E-state index in [2.05, 4.69) is 28.7 Å². The quantitative estimate of drug-likeness (QED) is 0.305. The number of carbonyl (C=O) groups excluding carboxylic acids is 1. The maximum Gasteiger partial charge on any atom is 0.287 e. The minimum absolute atomic E-state index is 0.0835. The van der Waals surface area contributed by atoms with E-state index in [1.807, 2.05) is 29.9 Å². The molecule has 176 valence electrons. The van der Waals surface area contributed by atoms with Crippen LogP contribution in [0.3, 0.4) is 0 Å². The maximum absolute atomic E-state index is 13.5. The van der Waals surface area contributed by atoms with Crippen molar-refractivity contribution in [2.24, 2.45) is 5.92 Å². The fourth-order valence-corrected chi connectivity index (χ4v) is 5.67. The molecule has 34 heavy (non-hydrogen) atoms. The zero-order valence-electron chi connectivity index (χ0n) is 19.3. The van der Waals surface area contributed by atoms with Crippen molar-refractivity contribution >= 4 is 17.2 Å². The number of furan rings is 1. The molecule has 5 rings (SSSR count). The number of halogens is 1. The lowest BCUT2D eigenvalue weighted by molar-refractivity contribution is 0.0899. The summed E-state index contributed by atoms with van der Waals surface area (Å²) in [5, 5.41) is 5.15. The van der Waals surface area contributed by atoms with Gasteiger partial charge in [0, 0.05) is 16.5 Å². The second-order valence-electron chi connectivity index (χ2n) is 9.17. The van der Waals surface area contributed by atoms with Crippen LogP contribution in [0.25, 0.3) is 22.7 Å². The third-order valence-corrected chi connectivity index (χ3v) is 7.45. The highest BCUT2D eigenvalue weighted by molar-refractivity contribution is 7.10. The van der Waals surface area contributed by atoms with Gasteiger partial charge in [-0.25, -0.2) is 9.37 Å². The van der Waals surface area contributed by atoms with Gasteiger partial charge < -0.3 is 14.3 Å². The smallest absolute Gasteiger partial charge is 0.287 e. The van der Waals surface area contributed by atoms with Gasteiger partial charge >= 0.3 is 0 Å². The summed E-state index contributed by atoms with van der Waals surface area (Å²) in [6, 6.07) is 14.2. The second kappa shape index (κ2) is 9.58. The van der Waals surface area contributed by atoms with Gasteiger partial charge in [0.2, 0.25) is 0 Å². The van der Waals surface area contributed by atoms with Gasteiger partial charge in [0.25, 0.3) is 5.91 Å². The number of imidazole rings is 1. The zero-order valence-corrected chi connectivity index (χ0v) is 20.1. The average molecular weight is 478 g/mol. The van der Waals surface area contributed by atoms with E-state index in [9.17, 15) is 9.18 Å². The van der Waals surface area contributed by atoms with Crippen LogP contribution in [0.2, 0.25) is 0 Å². The summed E-state index contributed by atoms with van der Waals surface area (Å²) in [5.41, 5.74) is 2.37. The van der Waals surface area contributed by atoms with E-state index in [-0.39, 0.29) is 29.4 Å². The second-order valence-corrected chi connectivity index (χ2v) is 10.1. The molecule has 0 spiro atoms. The summed E-state index contributed by atoms with van der Waals surface area (Å²) in [5.74, 6) is 0.565. The van der Waals surface area contributed by atoms with Gasteiger partial charge in [-0.05, 0) is 66.6 Å². The first kappa shape index (κ1) is 22.6. The van der Waals surface area contributed by atoms with Gasteiger partial charge in [-0.3, -0.25) is 4.79 Å². The van der Waals surface area contributed by atoms with Crippen molar-refractivity contribution in [3.8, 4) is 22.7 Å². The molecule has 5 nitrogen and oxygen atoms in total. The molecule has 0 aliphatic heterocycles. The number of benzene rings is 1. The number of hydrogen-bond donors (Lipinski definition) is 1. The van der Waals surface area contributed by atoms with Crippen molar-refractivity contribution in [3.63, 3.8) is 0 Å². The fraction of sp³-hybridized carbons (Fsp3) is 0.333. The van der Waals surface area contributed by atoms with Crippen LogP contribution in [-0.4, -0.2) is 15.5 Å². The van der Waals surface area contributed by atoms with Crippen molar-refractivity contribution < 1.29 is 13.6 Å². The topological polar surface area (TPSA) is 60.1 Å². The van der Waals surface area contributed by atoms with E-state index in [4.69, 9.17) is 4.42 Å². The number of amides is 1. The Bertz CT molecular complexity index is 1250. The fourth-order valence-electron chi connectivity index (χ4n) is 4.72. The monoisotopic (exact) mass is 477 g/mol. The Morgan fingerprint density at radius 2 is 1.91 bits per heavy atom. The molecule has 0 bridgehead atoms. The SMILES string of the molecule is CC(C)[C@@H](NC(=O)c1ccc(-c2c(-c3ccc(F)cc3)ncn2C2CCCC2)o1)c1cccs1. The number of nitrogens with one attached hydrogen (secondary N) is 1. The summed E-state index contributed by atoms with van der Waals surface area (Å²) < 4.78 is 21.8. The van der Waals surface area contributed by atoms with Crippen molar-refractivity contribution in [1.29, 1.82) is 0 Å². The minimum atomic E-state index is -0.289. The van der Waals surface area contributed by atoms with Gasteiger partial charge in [-0.2, -0.15) is 0 Å². The number of thiophene rings is 1. The number of carbonyl (C=O) groups is 1. The van der Waals surface area contributed by atoms with Crippen LogP contribution in [0.15, 0.2) is 64.7 Å². The molecule has 1 atom stereocenters. The van der Waals surface area contributed by atoms with Crippen LogP contribution in [0.4, 0.5) is 4.39 Å². The molecule has 7 heteroatoms. The third-order valence-electron chi connectivity index (χ3n) is 6.50. The van der Waals surface area contributed by atoms with E-state index in [0.29, 0.717) is 11.8 Å². The van der Waals surface area contributed by atoms with E-state index >= 15 is 0 Å². The molecule has 4 aromatic rings. The molecule has 0 radical (unpaired) electrons. The average Bonchev–Trinajstić information content (AvgIpc) is 3.62. The van der Waals surface area contributed by atoms with Gasteiger partial charge in [-0.15, -0.1) is 11.3 Å². The van der Waals surface area contributed by atoms with Crippen LogP contribution in [-0.2, 0) is 0 Å². The van der Waals surface area contributed by atoms with Crippen molar-refractivity contribution in [2.45, 2.75) is 51.6 Å². The molecule has 1 N–H and O–H groups in total. The van der Waals surface area contributed by atoms with E-state index < -0.39 is 0 Å². The lowest BCUT2D eigenvalue weighted by Crippen LogP contribution is -2.30. The molecule has 3 aromatic heterocycles. The first-order chi connectivity index (χ1) is 16.5. The number of rotatable bonds is 7. The predicted octanol–water partition coefficient (Wildman–Crippen LogP) is 7.25. The van der Waals surface area contributed by atoms with Crippen molar-refractivity contribution in [1.82, 2.24) is 14.9 Å². The molecule has 1 amide bonds. The summed E-state index contributed by atoms with van der Waals surface area (Å²) in [4.78, 5) is 18.9. The van der Waals surface area contributed by atoms with Crippen molar-refractivity contribution in [2.75, 3.05) is 0 Å².